The third-order valence-electron chi connectivity index (χ3n) is 3.03. The molecule has 0 radical (unpaired) electrons. The molecule has 1 saturated heterocycles. The molecule has 0 saturated carbocycles. The van der Waals surface area contributed by atoms with E-state index in [0.717, 1.165) is 24.5 Å². The number of benzene rings is 1. The molecule has 1 fully saturated rings. The van der Waals surface area contributed by atoms with Gasteiger partial charge in [-0.1, -0.05) is 25.5 Å². The van der Waals surface area contributed by atoms with E-state index in [4.69, 9.17) is 14.2 Å². The van der Waals surface area contributed by atoms with Gasteiger partial charge in [0.15, 0.2) is 6.29 Å². The van der Waals surface area contributed by atoms with Gasteiger partial charge in [0.1, 0.15) is 5.75 Å². The van der Waals surface area contributed by atoms with Crippen molar-refractivity contribution in [3.8, 4) is 5.75 Å². The van der Waals surface area contributed by atoms with E-state index in [1.807, 2.05) is 24.3 Å². The van der Waals surface area contributed by atoms with Crippen LogP contribution >= 0.6 is 0 Å². The van der Waals surface area contributed by atoms with Crippen molar-refractivity contribution in [2.24, 2.45) is 5.92 Å². The first-order chi connectivity index (χ1) is 8.33. The van der Waals surface area contributed by atoms with Gasteiger partial charge in [0.05, 0.1) is 20.3 Å². The SMILES string of the molecule is CCCC1COC(c2cccc(OC)c2)OC1. The second-order valence-corrected chi connectivity index (χ2v) is 4.43. The molecule has 0 aromatic heterocycles. The predicted molar refractivity (Wildman–Crippen MR) is 66.0 cm³/mol. The van der Waals surface area contributed by atoms with Crippen LogP contribution in [0.5, 0.6) is 5.75 Å². The zero-order chi connectivity index (χ0) is 12.1. The molecule has 2 rings (SSSR count). The molecule has 1 aromatic rings. The van der Waals surface area contributed by atoms with Gasteiger partial charge < -0.3 is 14.2 Å². The standard InChI is InChI=1S/C14H20O3/c1-3-5-11-9-16-14(17-10-11)12-6-4-7-13(8-12)15-2/h4,6-8,11,14H,3,5,9-10H2,1-2H3. The average Bonchev–Trinajstić information content (AvgIpc) is 2.40. The quantitative estimate of drug-likeness (QED) is 0.803. The van der Waals surface area contributed by atoms with Crippen LogP contribution < -0.4 is 4.74 Å². The molecule has 1 aliphatic rings. The van der Waals surface area contributed by atoms with Crippen LogP contribution in [0.15, 0.2) is 24.3 Å². The normalized spacial score (nSPS) is 24.6. The fourth-order valence-electron chi connectivity index (χ4n) is 2.10. The van der Waals surface area contributed by atoms with Crippen LogP contribution in [0.2, 0.25) is 0 Å². The molecule has 0 amide bonds. The van der Waals surface area contributed by atoms with Crippen molar-refractivity contribution in [2.45, 2.75) is 26.1 Å². The molecule has 94 valence electrons. The van der Waals surface area contributed by atoms with Crippen molar-refractivity contribution in [2.75, 3.05) is 20.3 Å². The molecule has 0 atom stereocenters. The molecule has 0 bridgehead atoms. The summed E-state index contributed by atoms with van der Waals surface area (Å²) in [5.41, 5.74) is 1.03. The summed E-state index contributed by atoms with van der Waals surface area (Å²) < 4.78 is 16.7. The van der Waals surface area contributed by atoms with Gasteiger partial charge in [-0.15, -0.1) is 0 Å². The van der Waals surface area contributed by atoms with E-state index in [9.17, 15) is 0 Å². The van der Waals surface area contributed by atoms with E-state index in [-0.39, 0.29) is 6.29 Å². The maximum absolute atomic E-state index is 5.75. The van der Waals surface area contributed by atoms with Gasteiger partial charge in [-0.2, -0.15) is 0 Å². The Labute approximate surface area is 103 Å². The van der Waals surface area contributed by atoms with Gasteiger partial charge in [-0.3, -0.25) is 0 Å². The van der Waals surface area contributed by atoms with E-state index in [1.54, 1.807) is 7.11 Å². The van der Waals surface area contributed by atoms with Crippen molar-refractivity contribution in [3.63, 3.8) is 0 Å². The monoisotopic (exact) mass is 236 g/mol. The highest BCUT2D eigenvalue weighted by Gasteiger charge is 2.23. The first-order valence-corrected chi connectivity index (χ1v) is 6.20. The molecular weight excluding hydrogens is 216 g/mol. The van der Waals surface area contributed by atoms with Gasteiger partial charge in [0.2, 0.25) is 0 Å². The summed E-state index contributed by atoms with van der Waals surface area (Å²) >= 11 is 0. The lowest BCUT2D eigenvalue weighted by Crippen LogP contribution is -2.26. The largest absolute Gasteiger partial charge is 0.497 e. The van der Waals surface area contributed by atoms with Crippen molar-refractivity contribution in [1.82, 2.24) is 0 Å². The van der Waals surface area contributed by atoms with E-state index in [2.05, 4.69) is 6.92 Å². The van der Waals surface area contributed by atoms with Crippen LogP contribution in [-0.2, 0) is 9.47 Å². The zero-order valence-corrected chi connectivity index (χ0v) is 10.5. The van der Waals surface area contributed by atoms with Crippen LogP contribution in [-0.4, -0.2) is 20.3 Å². The summed E-state index contributed by atoms with van der Waals surface area (Å²) in [6.07, 6.45) is 2.12. The Kier molecular flexibility index (Phi) is 4.40. The summed E-state index contributed by atoms with van der Waals surface area (Å²) in [6, 6.07) is 7.85. The van der Waals surface area contributed by atoms with Crippen LogP contribution in [0.1, 0.15) is 31.6 Å². The summed E-state index contributed by atoms with van der Waals surface area (Å²) in [5.74, 6) is 1.38. The molecule has 0 spiro atoms. The van der Waals surface area contributed by atoms with Crippen molar-refractivity contribution in [1.29, 1.82) is 0 Å². The molecule has 0 unspecified atom stereocenters. The summed E-state index contributed by atoms with van der Waals surface area (Å²) in [7, 11) is 1.67. The Morgan fingerprint density at radius 1 is 1.29 bits per heavy atom. The Bertz CT molecular complexity index is 343. The fraction of sp³-hybridized carbons (Fsp3) is 0.571. The first-order valence-electron chi connectivity index (χ1n) is 6.20. The van der Waals surface area contributed by atoms with E-state index < -0.39 is 0 Å². The molecule has 0 N–H and O–H groups in total. The van der Waals surface area contributed by atoms with Crippen LogP contribution in [0.3, 0.4) is 0 Å². The van der Waals surface area contributed by atoms with Crippen LogP contribution in [0, 0.1) is 5.92 Å². The van der Waals surface area contributed by atoms with Gasteiger partial charge in [-0.05, 0) is 18.6 Å². The van der Waals surface area contributed by atoms with Gasteiger partial charge in [0.25, 0.3) is 0 Å². The van der Waals surface area contributed by atoms with E-state index >= 15 is 0 Å². The zero-order valence-electron chi connectivity index (χ0n) is 10.5. The van der Waals surface area contributed by atoms with Crippen molar-refractivity contribution < 1.29 is 14.2 Å². The maximum atomic E-state index is 5.75. The molecule has 3 heteroatoms. The van der Waals surface area contributed by atoms with E-state index in [0.29, 0.717) is 5.92 Å². The van der Waals surface area contributed by atoms with Gasteiger partial charge in [-0.25, -0.2) is 0 Å². The summed E-state index contributed by atoms with van der Waals surface area (Å²) in [5, 5.41) is 0. The predicted octanol–water partition coefficient (Wildman–Crippen LogP) is 3.16. The number of methoxy groups -OCH3 is 1. The minimum atomic E-state index is -0.238. The maximum Gasteiger partial charge on any atom is 0.183 e. The highest BCUT2D eigenvalue weighted by molar-refractivity contribution is 5.29. The Morgan fingerprint density at radius 2 is 2.06 bits per heavy atom. The second kappa shape index (κ2) is 6.03. The Balaban J connectivity index is 1.95. The Hall–Kier alpha value is -1.06. The number of rotatable bonds is 4. The van der Waals surface area contributed by atoms with Gasteiger partial charge >= 0.3 is 0 Å². The lowest BCUT2D eigenvalue weighted by Gasteiger charge is -2.29. The Morgan fingerprint density at radius 3 is 2.71 bits per heavy atom. The average molecular weight is 236 g/mol. The molecule has 1 aliphatic heterocycles. The molecule has 1 aromatic carbocycles. The molecule has 1 heterocycles. The van der Waals surface area contributed by atoms with Crippen molar-refractivity contribution in [3.05, 3.63) is 29.8 Å². The third kappa shape index (κ3) is 3.20. The van der Waals surface area contributed by atoms with Gasteiger partial charge in [0, 0.05) is 11.5 Å². The lowest BCUT2D eigenvalue weighted by atomic mass is 10.1. The third-order valence-corrected chi connectivity index (χ3v) is 3.03. The van der Waals surface area contributed by atoms with Crippen molar-refractivity contribution >= 4 is 0 Å². The minimum absolute atomic E-state index is 0.238. The molecular formula is C14H20O3. The molecule has 0 aliphatic carbocycles. The second-order valence-electron chi connectivity index (χ2n) is 4.43. The number of ether oxygens (including phenoxy) is 3. The van der Waals surface area contributed by atoms with Crippen LogP contribution in [0.25, 0.3) is 0 Å². The summed E-state index contributed by atoms with van der Waals surface area (Å²) in [4.78, 5) is 0. The summed E-state index contributed by atoms with van der Waals surface area (Å²) in [6.45, 7) is 3.76. The fourth-order valence-corrected chi connectivity index (χ4v) is 2.10. The van der Waals surface area contributed by atoms with Crippen LogP contribution in [0.4, 0.5) is 0 Å². The molecule has 17 heavy (non-hydrogen) atoms. The highest BCUT2D eigenvalue weighted by atomic mass is 16.7. The first kappa shape index (κ1) is 12.4. The molecule has 3 nitrogen and oxygen atoms in total. The van der Waals surface area contributed by atoms with E-state index in [1.165, 1.54) is 12.8 Å². The highest BCUT2D eigenvalue weighted by Crippen LogP contribution is 2.28. The number of hydrogen-bond acceptors (Lipinski definition) is 3. The smallest absolute Gasteiger partial charge is 0.183 e. The topological polar surface area (TPSA) is 27.7 Å². The lowest BCUT2D eigenvalue weighted by molar-refractivity contribution is -0.206. The number of hydrogen-bond donors (Lipinski definition) is 0. The minimum Gasteiger partial charge on any atom is -0.497 e.